The Morgan fingerprint density at radius 3 is 2.53 bits per heavy atom. The lowest BCUT2D eigenvalue weighted by atomic mass is 10.1. The molecule has 0 radical (unpaired) electrons. The molecule has 6 nitrogen and oxygen atoms in total. The van der Waals surface area contributed by atoms with Crippen LogP contribution in [-0.4, -0.2) is 28.9 Å². The van der Waals surface area contributed by atoms with Gasteiger partial charge in [-0.25, -0.2) is 5.43 Å². The van der Waals surface area contributed by atoms with Crippen molar-refractivity contribution in [3.05, 3.63) is 70.3 Å². The van der Waals surface area contributed by atoms with E-state index in [1.165, 1.54) is 32.1 Å². The number of benzene rings is 2. The highest BCUT2D eigenvalue weighted by molar-refractivity contribution is 9.10. The number of H-pyrrole nitrogens is 1. The number of carbonyl (C=O) groups is 1. The Balaban J connectivity index is 1.46. The Labute approximate surface area is 197 Å². The van der Waals surface area contributed by atoms with Crippen LogP contribution in [0.25, 0.3) is 11.3 Å². The highest BCUT2D eigenvalue weighted by Gasteiger charge is 2.10. The van der Waals surface area contributed by atoms with Crippen molar-refractivity contribution in [2.75, 3.05) is 6.61 Å². The molecular weight excluding hydrogens is 468 g/mol. The van der Waals surface area contributed by atoms with Crippen LogP contribution in [-0.2, 0) is 0 Å². The lowest BCUT2D eigenvalue weighted by Crippen LogP contribution is -2.17. The fourth-order valence-electron chi connectivity index (χ4n) is 3.15. The maximum atomic E-state index is 12.3. The number of rotatable bonds is 12. The molecule has 1 amide bonds. The van der Waals surface area contributed by atoms with Gasteiger partial charge in [0.1, 0.15) is 11.4 Å². The van der Waals surface area contributed by atoms with Gasteiger partial charge in [-0.15, -0.1) is 0 Å². The standard InChI is InChI=1S/C25H29BrN4O2/c1-2-3-4-5-6-7-16-32-22-14-10-20(11-15-22)23-17-24(29-28-23)25(31)30-27-18-19-8-12-21(26)13-9-19/h8-15,17-18H,2-7,16H2,1H3,(H,28,29)(H,30,31). The Morgan fingerprint density at radius 2 is 1.78 bits per heavy atom. The lowest BCUT2D eigenvalue weighted by Gasteiger charge is -2.06. The number of hydrogen-bond acceptors (Lipinski definition) is 4. The molecule has 0 unspecified atom stereocenters. The average molecular weight is 497 g/mol. The van der Waals surface area contributed by atoms with E-state index in [0.717, 1.165) is 34.4 Å². The molecule has 1 heterocycles. The second-order valence-electron chi connectivity index (χ2n) is 7.56. The van der Waals surface area contributed by atoms with E-state index >= 15 is 0 Å². The van der Waals surface area contributed by atoms with Gasteiger partial charge in [-0.2, -0.15) is 10.2 Å². The molecule has 0 saturated heterocycles. The van der Waals surface area contributed by atoms with E-state index < -0.39 is 0 Å². The lowest BCUT2D eigenvalue weighted by molar-refractivity contribution is 0.0950. The number of amides is 1. The minimum atomic E-state index is -0.351. The van der Waals surface area contributed by atoms with E-state index in [1.807, 2.05) is 48.5 Å². The summed E-state index contributed by atoms with van der Waals surface area (Å²) in [6.07, 6.45) is 9.06. The van der Waals surface area contributed by atoms with Gasteiger partial charge < -0.3 is 4.74 Å². The number of halogens is 1. The molecule has 32 heavy (non-hydrogen) atoms. The Bertz CT molecular complexity index is 998. The zero-order valence-electron chi connectivity index (χ0n) is 18.3. The number of unbranched alkanes of at least 4 members (excludes halogenated alkanes) is 5. The van der Waals surface area contributed by atoms with Crippen molar-refractivity contribution >= 4 is 28.1 Å². The maximum absolute atomic E-state index is 12.3. The van der Waals surface area contributed by atoms with Crippen LogP contribution in [0.4, 0.5) is 0 Å². The van der Waals surface area contributed by atoms with Crippen molar-refractivity contribution in [2.24, 2.45) is 5.10 Å². The summed E-state index contributed by atoms with van der Waals surface area (Å²) in [5.41, 5.74) is 5.34. The van der Waals surface area contributed by atoms with Crippen molar-refractivity contribution in [2.45, 2.75) is 45.4 Å². The summed E-state index contributed by atoms with van der Waals surface area (Å²) in [5, 5.41) is 11.0. The molecule has 2 aromatic carbocycles. The summed E-state index contributed by atoms with van der Waals surface area (Å²) in [7, 11) is 0. The third-order valence-corrected chi connectivity index (χ3v) is 5.52. The molecule has 3 rings (SSSR count). The van der Waals surface area contributed by atoms with Crippen molar-refractivity contribution < 1.29 is 9.53 Å². The molecule has 0 aliphatic rings. The van der Waals surface area contributed by atoms with Gasteiger partial charge in [-0.3, -0.25) is 9.89 Å². The Hall–Kier alpha value is -2.93. The SMILES string of the molecule is CCCCCCCCOc1ccc(-c2cc(C(=O)NN=Cc3ccc(Br)cc3)[nH]n2)cc1. The van der Waals surface area contributed by atoms with Crippen LogP contribution >= 0.6 is 15.9 Å². The quantitative estimate of drug-likeness (QED) is 0.174. The first kappa shape index (κ1) is 23.7. The smallest absolute Gasteiger partial charge is 0.289 e. The molecule has 168 valence electrons. The van der Waals surface area contributed by atoms with Crippen LogP contribution in [0, 0.1) is 0 Å². The molecule has 0 aliphatic heterocycles. The van der Waals surface area contributed by atoms with E-state index in [9.17, 15) is 4.79 Å². The van der Waals surface area contributed by atoms with Gasteiger partial charge in [-0.05, 0) is 54.4 Å². The third kappa shape index (κ3) is 7.64. The normalized spacial score (nSPS) is 11.1. The van der Waals surface area contributed by atoms with E-state index in [2.05, 4.69) is 43.6 Å². The van der Waals surface area contributed by atoms with Crippen LogP contribution in [0.5, 0.6) is 5.75 Å². The van der Waals surface area contributed by atoms with Gasteiger partial charge in [0.05, 0.1) is 18.5 Å². The van der Waals surface area contributed by atoms with Gasteiger partial charge in [0, 0.05) is 10.0 Å². The Morgan fingerprint density at radius 1 is 1.06 bits per heavy atom. The number of nitrogens with zero attached hydrogens (tertiary/aromatic N) is 2. The van der Waals surface area contributed by atoms with Gasteiger partial charge in [-0.1, -0.05) is 67.1 Å². The molecule has 7 heteroatoms. The maximum Gasteiger partial charge on any atom is 0.289 e. The monoisotopic (exact) mass is 496 g/mol. The highest BCUT2D eigenvalue weighted by Crippen LogP contribution is 2.21. The summed E-state index contributed by atoms with van der Waals surface area (Å²) in [6, 6.07) is 17.1. The number of hydrogen-bond donors (Lipinski definition) is 2. The predicted molar refractivity (Wildman–Crippen MR) is 132 cm³/mol. The average Bonchev–Trinajstić information content (AvgIpc) is 3.31. The largest absolute Gasteiger partial charge is 0.494 e. The van der Waals surface area contributed by atoms with E-state index in [0.29, 0.717) is 11.4 Å². The molecule has 1 aromatic heterocycles. The van der Waals surface area contributed by atoms with Crippen LogP contribution in [0.2, 0.25) is 0 Å². The number of aromatic nitrogens is 2. The fourth-order valence-corrected chi connectivity index (χ4v) is 3.42. The zero-order valence-corrected chi connectivity index (χ0v) is 19.9. The minimum Gasteiger partial charge on any atom is -0.494 e. The number of ether oxygens (including phenoxy) is 1. The second kappa shape index (κ2) is 12.8. The molecule has 0 saturated carbocycles. The van der Waals surface area contributed by atoms with Crippen LogP contribution in [0.3, 0.4) is 0 Å². The molecular formula is C25H29BrN4O2. The summed E-state index contributed by atoms with van der Waals surface area (Å²) in [5.74, 6) is 0.495. The highest BCUT2D eigenvalue weighted by atomic mass is 79.9. The molecule has 3 aromatic rings. The van der Waals surface area contributed by atoms with Crippen molar-refractivity contribution in [3.8, 4) is 17.0 Å². The first-order chi connectivity index (χ1) is 15.7. The molecule has 0 aliphatic carbocycles. The second-order valence-corrected chi connectivity index (χ2v) is 8.47. The number of carbonyl (C=O) groups excluding carboxylic acids is 1. The topological polar surface area (TPSA) is 79.4 Å². The van der Waals surface area contributed by atoms with E-state index in [-0.39, 0.29) is 5.91 Å². The van der Waals surface area contributed by atoms with Gasteiger partial charge in [0.15, 0.2) is 0 Å². The summed E-state index contributed by atoms with van der Waals surface area (Å²) >= 11 is 3.38. The predicted octanol–water partition coefficient (Wildman–Crippen LogP) is 6.34. The van der Waals surface area contributed by atoms with Crippen molar-refractivity contribution in [3.63, 3.8) is 0 Å². The van der Waals surface area contributed by atoms with Gasteiger partial charge >= 0.3 is 0 Å². The van der Waals surface area contributed by atoms with Gasteiger partial charge in [0.2, 0.25) is 0 Å². The number of nitrogens with one attached hydrogen (secondary N) is 2. The van der Waals surface area contributed by atoms with Crippen LogP contribution in [0.15, 0.2) is 64.2 Å². The molecule has 2 N–H and O–H groups in total. The summed E-state index contributed by atoms with van der Waals surface area (Å²) < 4.78 is 6.81. The minimum absolute atomic E-state index is 0.344. The zero-order chi connectivity index (χ0) is 22.6. The third-order valence-electron chi connectivity index (χ3n) is 4.99. The molecule has 0 bridgehead atoms. The summed E-state index contributed by atoms with van der Waals surface area (Å²) in [4.78, 5) is 12.3. The molecule has 0 spiro atoms. The first-order valence-electron chi connectivity index (χ1n) is 11.0. The summed E-state index contributed by atoms with van der Waals surface area (Å²) in [6.45, 7) is 2.96. The van der Waals surface area contributed by atoms with E-state index in [1.54, 1.807) is 12.3 Å². The van der Waals surface area contributed by atoms with Crippen molar-refractivity contribution in [1.29, 1.82) is 0 Å². The first-order valence-corrected chi connectivity index (χ1v) is 11.8. The van der Waals surface area contributed by atoms with Gasteiger partial charge in [0.25, 0.3) is 5.91 Å². The van der Waals surface area contributed by atoms with Crippen LogP contribution in [0.1, 0.15) is 61.5 Å². The van der Waals surface area contributed by atoms with Crippen molar-refractivity contribution in [1.82, 2.24) is 15.6 Å². The number of hydrazone groups is 1. The fraction of sp³-hybridized carbons (Fsp3) is 0.320. The Kier molecular flexibility index (Phi) is 9.50. The number of aromatic amines is 1. The molecule has 0 atom stereocenters. The van der Waals surface area contributed by atoms with Crippen LogP contribution < -0.4 is 10.2 Å². The molecule has 0 fully saturated rings. The van der Waals surface area contributed by atoms with E-state index in [4.69, 9.17) is 4.74 Å².